The molecule has 0 unspecified atom stereocenters. The fourth-order valence-electron chi connectivity index (χ4n) is 3.13. The van der Waals surface area contributed by atoms with Gasteiger partial charge in [-0.05, 0) is 62.6 Å². The summed E-state index contributed by atoms with van der Waals surface area (Å²) in [5.41, 5.74) is 0.981. The Hall–Kier alpha value is -1.46. The van der Waals surface area contributed by atoms with Crippen LogP contribution >= 0.6 is 46.4 Å². The Kier molecular flexibility index (Phi) is 9.08. The SMILES string of the molecule is CC[C@@H](C(=O)NC(C)(C)C)N(Cc1ccc(Cl)cc1Cl)C(=O)Cc1ccc(Cl)c(Cl)c1. The average Bonchev–Trinajstić information content (AvgIpc) is 2.64. The summed E-state index contributed by atoms with van der Waals surface area (Å²) in [4.78, 5) is 27.9. The molecule has 0 aromatic heterocycles. The van der Waals surface area contributed by atoms with Gasteiger partial charge in [-0.1, -0.05) is 65.5 Å². The molecule has 0 spiro atoms. The maximum absolute atomic E-state index is 13.4. The van der Waals surface area contributed by atoms with Crippen LogP contribution in [0.2, 0.25) is 20.1 Å². The predicted octanol–water partition coefficient (Wildman–Crippen LogP) is 6.56. The van der Waals surface area contributed by atoms with Crippen LogP contribution in [0.3, 0.4) is 0 Å². The second kappa shape index (κ2) is 10.9. The summed E-state index contributed by atoms with van der Waals surface area (Å²) in [5, 5.41) is 4.69. The zero-order valence-corrected chi connectivity index (χ0v) is 21.0. The Morgan fingerprint density at radius 1 is 0.968 bits per heavy atom. The molecule has 0 saturated heterocycles. The van der Waals surface area contributed by atoms with Crippen LogP contribution in [0, 0.1) is 0 Å². The molecule has 2 aromatic carbocycles. The summed E-state index contributed by atoms with van der Waals surface area (Å²) < 4.78 is 0. The fraction of sp³-hybridized carbons (Fsp3) is 0.391. The largest absolute Gasteiger partial charge is 0.350 e. The Bertz CT molecular complexity index is 957. The molecule has 1 N–H and O–H groups in total. The van der Waals surface area contributed by atoms with E-state index in [-0.39, 0.29) is 24.8 Å². The van der Waals surface area contributed by atoms with E-state index in [1.54, 1.807) is 41.3 Å². The van der Waals surface area contributed by atoms with Gasteiger partial charge in [0.1, 0.15) is 6.04 Å². The number of amides is 2. The van der Waals surface area contributed by atoms with E-state index in [1.165, 1.54) is 0 Å². The van der Waals surface area contributed by atoms with Crippen LogP contribution in [-0.2, 0) is 22.6 Å². The fourth-order valence-corrected chi connectivity index (χ4v) is 3.92. The van der Waals surface area contributed by atoms with Gasteiger partial charge in [0.15, 0.2) is 0 Å². The van der Waals surface area contributed by atoms with Crippen molar-refractivity contribution < 1.29 is 9.59 Å². The Labute approximate surface area is 203 Å². The molecule has 0 heterocycles. The molecular weight excluding hydrogens is 478 g/mol. The number of nitrogens with one attached hydrogen (secondary N) is 1. The molecule has 0 aliphatic heterocycles. The minimum atomic E-state index is -0.666. The molecule has 0 fully saturated rings. The first-order chi connectivity index (χ1) is 14.4. The Balaban J connectivity index is 2.38. The van der Waals surface area contributed by atoms with E-state index in [4.69, 9.17) is 46.4 Å². The van der Waals surface area contributed by atoms with Gasteiger partial charge < -0.3 is 10.2 Å². The van der Waals surface area contributed by atoms with E-state index in [0.29, 0.717) is 37.6 Å². The number of carbonyl (C=O) groups excluding carboxylic acids is 2. The summed E-state index contributed by atoms with van der Waals surface area (Å²) in [6.45, 7) is 7.74. The molecule has 0 aliphatic rings. The van der Waals surface area contributed by atoms with Crippen molar-refractivity contribution in [3.05, 3.63) is 67.6 Å². The number of carbonyl (C=O) groups is 2. The third-order valence-electron chi connectivity index (χ3n) is 4.58. The first-order valence-electron chi connectivity index (χ1n) is 9.90. The lowest BCUT2D eigenvalue weighted by Crippen LogP contribution is -2.53. The van der Waals surface area contributed by atoms with Gasteiger partial charge in [0.25, 0.3) is 0 Å². The third kappa shape index (κ3) is 7.57. The van der Waals surface area contributed by atoms with E-state index in [9.17, 15) is 9.59 Å². The highest BCUT2D eigenvalue weighted by Gasteiger charge is 2.31. The summed E-state index contributed by atoms with van der Waals surface area (Å²) in [7, 11) is 0. The number of benzene rings is 2. The van der Waals surface area contributed by atoms with Crippen LogP contribution in [0.5, 0.6) is 0 Å². The van der Waals surface area contributed by atoms with Gasteiger partial charge in [0.05, 0.1) is 16.5 Å². The summed E-state index contributed by atoms with van der Waals surface area (Å²) in [6, 6.07) is 9.48. The van der Waals surface area contributed by atoms with Gasteiger partial charge in [-0.25, -0.2) is 0 Å². The lowest BCUT2D eigenvalue weighted by Gasteiger charge is -2.33. The second-order valence-electron chi connectivity index (χ2n) is 8.35. The highest BCUT2D eigenvalue weighted by Crippen LogP contribution is 2.26. The first-order valence-corrected chi connectivity index (χ1v) is 11.4. The Morgan fingerprint density at radius 3 is 2.19 bits per heavy atom. The highest BCUT2D eigenvalue weighted by molar-refractivity contribution is 6.42. The number of rotatable bonds is 7. The third-order valence-corrected chi connectivity index (χ3v) is 5.91. The summed E-state index contributed by atoms with van der Waals surface area (Å²) in [6.07, 6.45) is 0.516. The maximum Gasteiger partial charge on any atom is 0.243 e. The monoisotopic (exact) mass is 502 g/mol. The Morgan fingerprint density at radius 2 is 1.65 bits per heavy atom. The van der Waals surface area contributed by atoms with Crippen molar-refractivity contribution in [1.82, 2.24) is 10.2 Å². The van der Waals surface area contributed by atoms with Crippen molar-refractivity contribution in [3.63, 3.8) is 0 Å². The van der Waals surface area contributed by atoms with E-state index in [1.807, 2.05) is 27.7 Å². The molecule has 168 valence electrons. The molecule has 31 heavy (non-hydrogen) atoms. The predicted molar refractivity (Wildman–Crippen MR) is 129 cm³/mol. The van der Waals surface area contributed by atoms with Crippen molar-refractivity contribution in [2.45, 2.75) is 58.7 Å². The number of halogens is 4. The van der Waals surface area contributed by atoms with Crippen LogP contribution in [0.1, 0.15) is 45.2 Å². The lowest BCUT2D eigenvalue weighted by molar-refractivity contribution is -0.141. The van der Waals surface area contributed by atoms with Crippen molar-refractivity contribution in [1.29, 1.82) is 0 Å². The van der Waals surface area contributed by atoms with Gasteiger partial charge in [-0.3, -0.25) is 9.59 Å². The molecule has 0 bridgehead atoms. The van der Waals surface area contributed by atoms with Gasteiger partial charge in [-0.2, -0.15) is 0 Å². The zero-order chi connectivity index (χ0) is 23.3. The van der Waals surface area contributed by atoms with Crippen LogP contribution in [0.4, 0.5) is 0 Å². The van der Waals surface area contributed by atoms with Gasteiger partial charge in [0.2, 0.25) is 11.8 Å². The minimum Gasteiger partial charge on any atom is -0.350 e. The lowest BCUT2D eigenvalue weighted by atomic mass is 10.0. The molecule has 2 rings (SSSR count). The van der Waals surface area contributed by atoms with Gasteiger partial charge in [-0.15, -0.1) is 0 Å². The van der Waals surface area contributed by atoms with Crippen LogP contribution in [0.25, 0.3) is 0 Å². The second-order valence-corrected chi connectivity index (χ2v) is 10.0. The summed E-state index contributed by atoms with van der Waals surface area (Å²) >= 11 is 24.5. The first kappa shape index (κ1) is 25.8. The van der Waals surface area contributed by atoms with Gasteiger partial charge >= 0.3 is 0 Å². The molecule has 0 radical (unpaired) electrons. The van der Waals surface area contributed by atoms with E-state index < -0.39 is 11.6 Å². The van der Waals surface area contributed by atoms with E-state index in [0.717, 1.165) is 0 Å². The zero-order valence-electron chi connectivity index (χ0n) is 17.9. The molecule has 2 aromatic rings. The average molecular weight is 504 g/mol. The summed E-state index contributed by atoms with van der Waals surface area (Å²) in [5.74, 6) is -0.442. The van der Waals surface area contributed by atoms with Crippen molar-refractivity contribution in [3.8, 4) is 0 Å². The molecule has 4 nitrogen and oxygen atoms in total. The van der Waals surface area contributed by atoms with Crippen molar-refractivity contribution >= 4 is 58.2 Å². The van der Waals surface area contributed by atoms with Crippen molar-refractivity contribution in [2.75, 3.05) is 0 Å². The standard InChI is InChI=1S/C23H26Cl4N2O2/c1-5-20(22(31)28-23(2,3)4)29(13-15-7-8-16(24)12-18(15)26)21(30)11-14-6-9-17(25)19(27)10-14/h6-10,12,20H,5,11,13H2,1-4H3,(H,28,31)/t20-/m0/s1. The van der Waals surface area contributed by atoms with Crippen LogP contribution < -0.4 is 5.32 Å². The molecule has 1 atom stereocenters. The molecule has 0 saturated carbocycles. The number of nitrogens with zero attached hydrogens (tertiary/aromatic N) is 1. The molecule has 0 aliphatic carbocycles. The topological polar surface area (TPSA) is 49.4 Å². The quantitative estimate of drug-likeness (QED) is 0.464. The molecule has 8 heteroatoms. The molecular formula is C23H26Cl4N2O2. The molecule has 2 amide bonds. The van der Waals surface area contributed by atoms with Gasteiger partial charge in [0, 0.05) is 22.1 Å². The smallest absolute Gasteiger partial charge is 0.243 e. The number of hydrogen-bond acceptors (Lipinski definition) is 2. The van der Waals surface area contributed by atoms with Crippen LogP contribution in [0.15, 0.2) is 36.4 Å². The van der Waals surface area contributed by atoms with E-state index in [2.05, 4.69) is 5.32 Å². The number of hydrogen-bond donors (Lipinski definition) is 1. The normalized spacial score (nSPS) is 12.4. The highest BCUT2D eigenvalue weighted by atomic mass is 35.5. The van der Waals surface area contributed by atoms with E-state index >= 15 is 0 Å². The maximum atomic E-state index is 13.4. The van der Waals surface area contributed by atoms with Crippen LogP contribution in [-0.4, -0.2) is 28.3 Å². The van der Waals surface area contributed by atoms with Crippen molar-refractivity contribution in [2.24, 2.45) is 0 Å². The minimum absolute atomic E-state index is 0.0708.